The highest BCUT2D eigenvalue weighted by molar-refractivity contribution is 5.81. The fraction of sp³-hybridized carbons (Fsp3) is 0.133. The second-order valence-corrected chi connectivity index (χ2v) is 4.47. The summed E-state index contributed by atoms with van der Waals surface area (Å²) in [4.78, 5) is 13.8. The minimum absolute atomic E-state index is 0.414. The van der Waals surface area contributed by atoms with E-state index < -0.39 is 5.76 Å². The Hall–Kier alpha value is -2.29. The largest absolute Gasteiger partial charge is 0.417 e. The van der Waals surface area contributed by atoms with Gasteiger partial charge in [0.2, 0.25) is 0 Å². The first-order valence-corrected chi connectivity index (χ1v) is 5.84. The van der Waals surface area contributed by atoms with Crippen molar-refractivity contribution in [3.05, 3.63) is 58.1 Å². The molecule has 3 heteroatoms. The summed E-state index contributed by atoms with van der Waals surface area (Å²) in [5.74, 6) is -0.414. The Balaban J connectivity index is 2.25. The van der Waals surface area contributed by atoms with Crippen molar-refractivity contribution >= 4 is 11.1 Å². The Kier molecular flexibility index (Phi) is 2.33. The van der Waals surface area contributed by atoms with Crippen LogP contribution >= 0.6 is 0 Å². The van der Waals surface area contributed by atoms with Crippen molar-refractivity contribution in [2.45, 2.75) is 13.8 Å². The van der Waals surface area contributed by atoms with Crippen LogP contribution in [0.25, 0.3) is 22.2 Å². The maximum atomic E-state index is 11.1. The van der Waals surface area contributed by atoms with Gasteiger partial charge in [0.15, 0.2) is 5.58 Å². The predicted octanol–water partition coefficient (Wildman–Crippen LogP) is 3.40. The third-order valence-corrected chi connectivity index (χ3v) is 3.34. The molecule has 0 unspecified atom stereocenters. The van der Waals surface area contributed by atoms with Gasteiger partial charge in [-0.2, -0.15) is 0 Å². The standard InChI is InChI=1S/C15H13NO2/c1-9-4-3-5-12(10(9)2)11-6-7-13-14(8-11)18-15(17)16-13/h3-8H,1-2H3,(H,16,17). The first kappa shape index (κ1) is 10.8. The SMILES string of the molecule is Cc1cccc(-c2ccc3[nH]c(=O)oc3c2)c1C. The van der Waals surface area contributed by atoms with Crippen LogP contribution in [0.1, 0.15) is 11.1 Å². The molecule has 3 nitrogen and oxygen atoms in total. The number of nitrogens with one attached hydrogen (secondary N) is 1. The number of aryl methyl sites for hydroxylation is 1. The molecule has 18 heavy (non-hydrogen) atoms. The van der Waals surface area contributed by atoms with Crippen LogP contribution in [-0.2, 0) is 0 Å². The van der Waals surface area contributed by atoms with E-state index in [2.05, 4.69) is 31.0 Å². The minimum atomic E-state index is -0.414. The molecule has 0 atom stereocenters. The van der Waals surface area contributed by atoms with Gasteiger partial charge in [-0.15, -0.1) is 0 Å². The van der Waals surface area contributed by atoms with Crippen molar-refractivity contribution in [2.24, 2.45) is 0 Å². The molecule has 1 heterocycles. The Labute approximate surface area is 104 Å². The molecule has 0 saturated carbocycles. The van der Waals surface area contributed by atoms with Crippen LogP contribution in [0.4, 0.5) is 0 Å². The lowest BCUT2D eigenvalue weighted by Gasteiger charge is -2.08. The van der Waals surface area contributed by atoms with E-state index in [0.29, 0.717) is 5.58 Å². The Morgan fingerprint density at radius 3 is 2.78 bits per heavy atom. The highest BCUT2D eigenvalue weighted by Gasteiger charge is 2.07. The number of hydrogen-bond donors (Lipinski definition) is 1. The van der Waals surface area contributed by atoms with E-state index >= 15 is 0 Å². The number of hydrogen-bond acceptors (Lipinski definition) is 2. The lowest BCUT2D eigenvalue weighted by atomic mass is 9.97. The van der Waals surface area contributed by atoms with Crippen LogP contribution < -0.4 is 5.76 Å². The van der Waals surface area contributed by atoms with Crippen molar-refractivity contribution in [3.8, 4) is 11.1 Å². The summed E-state index contributed by atoms with van der Waals surface area (Å²) in [6, 6.07) is 12.0. The molecule has 1 N–H and O–H groups in total. The van der Waals surface area contributed by atoms with Gasteiger partial charge in [-0.05, 0) is 48.2 Å². The van der Waals surface area contributed by atoms with E-state index in [4.69, 9.17) is 4.42 Å². The molecule has 3 aromatic rings. The summed E-state index contributed by atoms with van der Waals surface area (Å²) < 4.78 is 5.09. The van der Waals surface area contributed by atoms with Crippen molar-refractivity contribution in [2.75, 3.05) is 0 Å². The molecule has 3 rings (SSSR count). The summed E-state index contributed by atoms with van der Waals surface area (Å²) in [5, 5.41) is 0. The molecule has 0 bridgehead atoms. The van der Waals surface area contributed by atoms with Gasteiger partial charge in [0.25, 0.3) is 0 Å². The third kappa shape index (κ3) is 1.64. The van der Waals surface area contributed by atoms with Crippen molar-refractivity contribution in [1.82, 2.24) is 4.98 Å². The second-order valence-electron chi connectivity index (χ2n) is 4.47. The number of benzene rings is 2. The molecule has 2 aromatic carbocycles. The topological polar surface area (TPSA) is 46.0 Å². The van der Waals surface area contributed by atoms with Crippen LogP contribution in [0.5, 0.6) is 0 Å². The Morgan fingerprint density at radius 1 is 1.11 bits per heavy atom. The van der Waals surface area contributed by atoms with Gasteiger partial charge in [0, 0.05) is 0 Å². The molecule has 90 valence electrons. The molecule has 0 spiro atoms. The van der Waals surface area contributed by atoms with Crippen molar-refractivity contribution < 1.29 is 4.42 Å². The summed E-state index contributed by atoms with van der Waals surface area (Å²) in [6.07, 6.45) is 0. The predicted molar refractivity (Wildman–Crippen MR) is 71.7 cm³/mol. The minimum Gasteiger partial charge on any atom is -0.408 e. The summed E-state index contributed by atoms with van der Waals surface area (Å²) >= 11 is 0. The summed E-state index contributed by atoms with van der Waals surface area (Å²) in [5.41, 5.74) is 6.05. The molecule has 0 saturated heterocycles. The number of oxazole rings is 1. The number of rotatable bonds is 1. The maximum Gasteiger partial charge on any atom is 0.417 e. The van der Waals surface area contributed by atoms with E-state index in [9.17, 15) is 4.79 Å². The Morgan fingerprint density at radius 2 is 1.94 bits per heavy atom. The number of aromatic nitrogens is 1. The first-order chi connectivity index (χ1) is 8.65. The van der Waals surface area contributed by atoms with Crippen molar-refractivity contribution in [1.29, 1.82) is 0 Å². The average Bonchev–Trinajstić information content (AvgIpc) is 2.71. The highest BCUT2D eigenvalue weighted by atomic mass is 16.4. The highest BCUT2D eigenvalue weighted by Crippen LogP contribution is 2.27. The molecule has 0 amide bonds. The van der Waals surface area contributed by atoms with Gasteiger partial charge in [0.05, 0.1) is 5.52 Å². The van der Waals surface area contributed by atoms with Crippen LogP contribution in [0.2, 0.25) is 0 Å². The van der Waals surface area contributed by atoms with Crippen molar-refractivity contribution in [3.63, 3.8) is 0 Å². The van der Waals surface area contributed by atoms with E-state index in [1.165, 1.54) is 16.7 Å². The van der Waals surface area contributed by atoms with Gasteiger partial charge in [0.1, 0.15) is 0 Å². The lowest BCUT2D eigenvalue weighted by molar-refractivity contribution is 0.555. The molecule has 1 aromatic heterocycles. The second kappa shape index (κ2) is 3.88. The number of H-pyrrole nitrogens is 1. The van der Waals surface area contributed by atoms with E-state index in [0.717, 1.165) is 11.1 Å². The average molecular weight is 239 g/mol. The fourth-order valence-corrected chi connectivity index (χ4v) is 2.18. The van der Waals surface area contributed by atoms with Gasteiger partial charge < -0.3 is 4.42 Å². The quantitative estimate of drug-likeness (QED) is 0.707. The normalized spacial score (nSPS) is 11.0. The van der Waals surface area contributed by atoms with Crippen LogP contribution in [-0.4, -0.2) is 4.98 Å². The zero-order valence-corrected chi connectivity index (χ0v) is 10.3. The first-order valence-electron chi connectivity index (χ1n) is 5.84. The molecule has 0 radical (unpaired) electrons. The molecule has 0 aliphatic carbocycles. The molecular formula is C15H13NO2. The van der Waals surface area contributed by atoms with Gasteiger partial charge in [-0.1, -0.05) is 24.3 Å². The monoisotopic (exact) mass is 239 g/mol. The van der Waals surface area contributed by atoms with E-state index in [-0.39, 0.29) is 0 Å². The van der Waals surface area contributed by atoms with Crippen LogP contribution in [0.3, 0.4) is 0 Å². The van der Waals surface area contributed by atoms with Crippen LogP contribution in [0.15, 0.2) is 45.6 Å². The summed E-state index contributed by atoms with van der Waals surface area (Å²) in [7, 11) is 0. The number of aromatic amines is 1. The molecule has 0 fully saturated rings. The van der Waals surface area contributed by atoms with Gasteiger partial charge in [-0.3, -0.25) is 4.98 Å². The molecule has 0 aliphatic rings. The van der Waals surface area contributed by atoms with Crippen LogP contribution in [0, 0.1) is 13.8 Å². The Bertz CT molecular complexity index is 781. The van der Waals surface area contributed by atoms with Gasteiger partial charge >= 0.3 is 5.76 Å². The number of fused-ring (bicyclic) bond motifs is 1. The molecule has 0 aliphatic heterocycles. The third-order valence-electron chi connectivity index (χ3n) is 3.34. The maximum absolute atomic E-state index is 11.1. The zero-order chi connectivity index (χ0) is 12.7. The zero-order valence-electron chi connectivity index (χ0n) is 10.3. The molecular weight excluding hydrogens is 226 g/mol. The summed E-state index contributed by atoms with van der Waals surface area (Å²) in [6.45, 7) is 4.19. The van der Waals surface area contributed by atoms with E-state index in [1.807, 2.05) is 24.3 Å². The fourth-order valence-electron chi connectivity index (χ4n) is 2.18. The lowest BCUT2D eigenvalue weighted by Crippen LogP contribution is -1.92. The van der Waals surface area contributed by atoms with E-state index in [1.54, 1.807) is 0 Å². The smallest absolute Gasteiger partial charge is 0.408 e. The van der Waals surface area contributed by atoms with Gasteiger partial charge in [-0.25, -0.2) is 4.79 Å².